The second kappa shape index (κ2) is 13.2. The summed E-state index contributed by atoms with van der Waals surface area (Å²) >= 11 is 0. The number of nitrogens with zero attached hydrogens (tertiary/aromatic N) is 9. The Balaban J connectivity index is 1.10. The van der Waals surface area contributed by atoms with Crippen LogP contribution < -0.4 is 4.90 Å². The van der Waals surface area contributed by atoms with E-state index >= 15 is 4.39 Å². The third-order valence-electron chi connectivity index (χ3n) is 8.25. The zero-order valence-corrected chi connectivity index (χ0v) is 26.4. The largest absolute Gasteiger partial charge is 0.547 e. The molecule has 3 atom stereocenters. The number of ether oxygens (including phenoxy) is 4. The van der Waals surface area contributed by atoms with Crippen LogP contribution in [-0.2, 0) is 24.5 Å². The summed E-state index contributed by atoms with van der Waals surface area (Å²) in [5.74, 6) is -2.57. The van der Waals surface area contributed by atoms with Crippen molar-refractivity contribution >= 4 is 24.2 Å². The average molecular weight is 671 g/mol. The first-order chi connectivity index (χ1) is 22.9. The Bertz CT molecular complexity index is 1650. The number of carbonyl (C=O) groups is 2. The second-order valence-electron chi connectivity index (χ2n) is 12.0. The van der Waals surface area contributed by atoms with Gasteiger partial charge in [0.15, 0.2) is 12.5 Å². The van der Waals surface area contributed by atoms with E-state index in [1.165, 1.54) is 30.7 Å². The Morgan fingerprint density at radius 1 is 1.17 bits per heavy atom. The zero-order valence-electron chi connectivity index (χ0n) is 26.4. The van der Waals surface area contributed by atoms with E-state index in [2.05, 4.69) is 27.0 Å². The van der Waals surface area contributed by atoms with Gasteiger partial charge in [0.2, 0.25) is 6.73 Å². The minimum atomic E-state index is -2.06. The Hall–Kier alpha value is -5.03. The molecule has 48 heavy (non-hydrogen) atoms. The summed E-state index contributed by atoms with van der Waals surface area (Å²) in [6.07, 6.45) is 2.75. The maximum atomic E-state index is 15.3. The molecule has 0 aliphatic carbocycles. The molecule has 2 saturated heterocycles. The number of halogens is 2. The highest BCUT2D eigenvalue weighted by Crippen LogP contribution is 2.35. The summed E-state index contributed by atoms with van der Waals surface area (Å²) in [5, 5.41) is 28.8. The number of aliphatic hydroxyl groups is 1. The van der Waals surface area contributed by atoms with Crippen molar-refractivity contribution in [3.05, 3.63) is 66.0 Å². The van der Waals surface area contributed by atoms with Gasteiger partial charge in [-0.15, -0.1) is 5.10 Å². The van der Waals surface area contributed by atoms with Gasteiger partial charge in [0.1, 0.15) is 41.4 Å². The molecule has 3 aliphatic rings. The van der Waals surface area contributed by atoms with E-state index in [1.807, 2.05) is 0 Å². The minimum absolute atomic E-state index is 0.00734. The summed E-state index contributed by atoms with van der Waals surface area (Å²) in [4.78, 5) is 30.2. The maximum absolute atomic E-state index is 15.3. The summed E-state index contributed by atoms with van der Waals surface area (Å²) in [6, 6.07) is 8.44. The van der Waals surface area contributed by atoms with Crippen LogP contribution in [0.4, 0.5) is 24.1 Å². The number of hydrogen-bond acceptors (Lipinski definition) is 13. The molecular formula is C30H34F2N9O7+. The second-order valence-corrected chi connectivity index (χ2v) is 12.0. The molecule has 2 amide bonds. The number of aromatic nitrogens is 4. The smallest absolute Gasteiger partial charge is 0.431 e. The fraction of sp³-hybridized carbons (Fsp3) is 0.467. The first-order valence-corrected chi connectivity index (χ1v) is 15.1. The van der Waals surface area contributed by atoms with Crippen LogP contribution >= 0.6 is 0 Å². The molecule has 0 unspecified atom stereocenters. The van der Waals surface area contributed by atoms with Gasteiger partial charge in [-0.25, -0.2) is 28.1 Å². The van der Waals surface area contributed by atoms with Crippen LogP contribution in [-0.4, -0.2) is 123 Å². The van der Waals surface area contributed by atoms with Crippen molar-refractivity contribution in [1.82, 2.24) is 35.0 Å². The van der Waals surface area contributed by atoms with Crippen LogP contribution in [0.2, 0.25) is 0 Å². The van der Waals surface area contributed by atoms with Gasteiger partial charge in [0, 0.05) is 30.4 Å². The molecule has 3 aliphatic heterocycles. The van der Waals surface area contributed by atoms with Crippen LogP contribution in [0.25, 0.3) is 5.69 Å². The lowest BCUT2D eigenvalue weighted by Gasteiger charge is -2.40. The number of hydrogen-bond donors (Lipinski definition) is 1. The number of rotatable bonds is 11. The number of benzene rings is 2. The normalized spacial score (nSPS) is 20.6. The maximum Gasteiger partial charge on any atom is 0.547 e. The van der Waals surface area contributed by atoms with Crippen LogP contribution in [0.5, 0.6) is 0 Å². The first kappa shape index (κ1) is 32.9. The summed E-state index contributed by atoms with van der Waals surface area (Å²) < 4.78 is 52.0. The molecule has 1 aromatic heterocycles. The van der Waals surface area contributed by atoms with Gasteiger partial charge in [-0.1, -0.05) is 11.0 Å². The first-order valence-electron chi connectivity index (χ1n) is 15.1. The highest BCUT2D eigenvalue weighted by Gasteiger charge is 2.48. The van der Waals surface area contributed by atoms with Crippen molar-refractivity contribution in [2.24, 2.45) is 5.10 Å². The Kier molecular flexibility index (Phi) is 9.07. The average Bonchev–Trinajstić information content (AvgIpc) is 3.87. The lowest BCUT2D eigenvalue weighted by molar-refractivity contribution is -0.143. The molecule has 1 N–H and O–H groups in total. The molecule has 16 nitrogen and oxygen atoms in total. The quantitative estimate of drug-likeness (QED) is 0.234. The molecule has 0 radical (unpaired) electrons. The SMILES string of the molecule is C[C@@H](N1CCN(c2ccc(-n3cnnn3)cc2)C1=O)[C@@](O)(CN1CN(COC(=O)OC[C@@H]2COC(C)(C)O2)[C+]=N1)c1ccc(F)cc1F. The molecule has 0 saturated carbocycles. The van der Waals surface area contributed by atoms with Gasteiger partial charge in [-0.05, 0) is 61.5 Å². The highest BCUT2D eigenvalue weighted by molar-refractivity contribution is 5.94. The van der Waals surface area contributed by atoms with E-state index in [4.69, 9.17) is 18.9 Å². The van der Waals surface area contributed by atoms with E-state index in [-0.39, 0.29) is 45.3 Å². The summed E-state index contributed by atoms with van der Waals surface area (Å²) in [7, 11) is 0. The Labute approximate surface area is 274 Å². The van der Waals surface area contributed by atoms with Gasteiger partial charge in [0.05, 0.1) is 24.9 Å². The number of carbonyl (C=O) groups excluding carboxylic acids is 2. The molecule has 2 fully saturated rings. The van der Waals surface area contributed by atoms with Gasteiger partial charge in [-0.2, -0.15) is 0 Å². The van der Waals surface area contributed by atoms with Gasteiger partial charge < -0.3 is 29.0 Å². The molecular weight excluding hydrogens is 636 g/mol. The standard InChI is InChI=1S/C30H34F2N9O7/c1-20(39-10-11-40(27(39)42)22-5-7-23(8-6-22)41-16-33-35-36-41)30(44,25-9-4-21(31)12-26(25)32)15-38-18-37(17-34-38)19-46-28(43)45-13-24-14-47-29(2,3)48-24/h4-9,12,16,20,24,44H,10-11,13-15,18-19H2,1-3H3/q+1/t20-,24-,30+/m1/s1. The van der Waals surface area contributed by atoms with Crippen molar-refractivity contribution < 1.29 is 42.4 Å². The van der Waals surface area contributed by atoms with E-state index in [9.17, 15) is 19.1 Å². The van der Waals surface area contributed by atoms with Crippen LogP contribution in [0.1, 0.15) is 26.3 Å². The Morgan fingerprint density at radius 3 is 2.62 bits per heavy atom. The van der Waals surface area contributed by atoms with Gasteiger partial charge >= 0.3 is 18.5 Å². The van der Waals surface area contributed by atoms with Crippen molar-refractivity contribution in [3.8, 4) is 5.69 Å². The van der Waals surface area contributed by atoms with Crippen molar-refractivity contribution in [2.45, 2.75) is 44.3 Å². The molecule has 18 heteroatoms. The van der Waals surface area contributed by atoms with Crippen LogP contribution in [0, 0.1) is 11.6 Å². The fourth-order valence-corrected chi connectivity index (χ4v) is 5.76. The minimum Gasteiger partial charge on any atom is -0.431 e. The third kappa shape index (κ3) is 6.96. The number of anilines is 1. The number of β-amino-alcohol motifs (C(OH)–C–C–N with tert-alkyl or cyclic N) is 1. The summed E-state index contributed by atoms with van der Waals surface area (Å²) in [5.41, 5.74) is -0.989. The van der Waals surface area contributed by atoms with Crippen molar-refractivity contribution in [3.63, 3.8) is 0 Å². The van der Waals surface area contributed by atoms with Gasteiger partial charge in [0.25, 0.3) is 0 Å². The molecule has 2 aromatic carbocycles. The number of urea groups is 1. The van der Waals surface area contributed by atoms with Crippen LogP contribution in [0.3, 0.4) is 0 Å². The van der Waals surface area contributed by atoms with Gasteiger partial charge in [-0.3, -0.25) is 4.90 Å². The Morgan fingerprint density at radius 2 is 1.94 bits per heavy atom. The van der Waals surface area contributed by atoms with E-state index in [0.717, 1.165) is 12.1 Å². The number of tetrazole rings is 1. The van der Waals surface area contributed by atoms with E-state index in [0.29, 0.717) is 24.0 Å². The van der Waals surface area contributed by atoms with Crippen molar-refractivity contribution in [1.29, 1.82) is 0 Å². The molecule has 3 aromatic rings. The predicted molar refractivity (Wildman–Crippen MR) is 161 cm³/mol. The third-order valence-corrected chi connectivity index (χ3v) is 8.25. The molecule has 4 heterocycles. The molecule has 254 valence electrons. The van der Waals surface area contributed by atoms with E-state index in [1.54, 1.807) is 45.0 Å². The number of amides is 2. The molecule has 0 spiro atoms. The molecule has 6 rings (SSSR count). The van der Waals surface area contributed by atoms with Crippen molar-refractivity contribution in [2.75, 3.05) is 51.1 Å². The zero-order chi connectivity index (χ0) is 34.1. The topological polar surface area (TPSA) is 160 Å². The molecule has 0 bridgehead atoms. The lowest BCUT2D eigenvalue weighted by Crippen LogP contribution is -2.55. The van der Waals surface area contributed by atoms with Crippen LogP contribution in [0.15, 0.2) is 53.9 Å². The predicted octanol–water partition coefficient (Wildman–Crippen LogP) is 2.12. The lowest BCUT2D eigenvalue weighted by atomic mass is 9.85. The van der Waals surface area contributed by atoms with E-state index < -0.39 is 47.4 Å². The summed E-state index contributed by atoms with van der Waals surface area (Å²) in [6.45, 7) is 5.22. The number of hydrazone groups is 1. The fourth-order valence-electron chi connectivity index (χ4n) is 5.76. The monoisotopic (exact) mass is 670 g/mol. The highest BCUT2D eigenvalue weighted by atomic mass is 19.1.